The molecule has 0 aliphatic heterocycles. The van der Waals surface area contributed by atoms with E-state index in [2.05, 4.69) is 120 Å². The minimum absolute atomic E-state index is 0.987. The minimum atomic E-state index is 0.987. The Hall–Kier alpha value is -3.84. The normalized spacial score (nSPS) is 11.9. The second-order valence-corrected chi connectivity index (χ2v) is 7.82. The first kappa shape index (κ1) is 17.1. The van der Waals surface area contributed by atoms with Crippen molar-refractivity contribution in [2.24, 2.45) is 0 Å². The standard InChI is InChI=1S/C29H21N/c1-3-12-23(13-4-1)30(24-14-5-2-6-15-24)28-20-22-19-21-11-7-8-16-25(21)29(22)27-18-10-9-17-26(27)28/h1-18,20H,19H2. The highest BCUT2D eigenvalue weighted by Crippen LogP contribution is 2.47. The average molecular weight is 383 g/mol. The minimum Gasteiger partial charge on any atom is -0.310 e. The second kappa shape index (κ2) is 6.89. The predicted molar refractivity (Wildman–Crippen MR) is 127 cm³/mol. The smallest absolute Gasteiger partial charge is 0.0543 e. The summed E-state index contributed by atoms with van der Waals surface area (Å²) in [4.78, 5) is 2.38. The summed E-state index contributed by atoms with van der Waals surface area (Å²) >= 11 is 0. The Morgan fingerprint density at radius 2 is 1.07 bits per heavy atom. The summed E-state index contributed by atoms with van der Waals surface area (Å²) in [6.45, 7) is 0. The molecule has 1 aliphatic carbocycles. The van der Waals surface area contributed by atoms with E-state index in [1.54, 1.807) is 0 Å². The lowest BCUT2D eigenvalue weighted by molar-refractivity contribution is 1.24. The van der Waals surface area contributed by atoms with Crippen LogP contribution >= 0.6 is 0 Å². The van der Waals surface area contributed by atoms with E-state index < -0.39 is 0 Å². The Balaban J connectivity index is 1.67. The van der Waals surface area contributed by atoms with Crippen molar-refractivity contribution in [1.29, 1.82) is 0 Å². The fourth-order valence-corrected chi connectivity index (χ4v) is 4.76. The first-order valence-electron chi connectivity index (χ1n) is 10.4. The van der Waals surface area contributed by atoms with Gasteiger partial charge < -0.3 is 4.90 Å². The molecule has 0 aromatic heterocycles. The summed E-state index contributed by atoms with van der Waals surface area (Å²) in [5.41, 5.74) is 9.16. The largest absolute Gasteiger partial charge is 0.310 e. The lowest BCUT2D eigenvalue weighted by Gasteiger charge is -2.28. The van der Waals surface area contributed by atoms with E-state index in [1.807, 2.05) is 0 Å². The number of rotatable bonds is 3. The highest BCUT2D eigenvalue weighted by Gasteiger charge is 2.24. The van der Waals surface area contributed by atoms with Crippen molar-refractivity contribution in [2.75, 3.05) is 4.90 Å². The van der Waals surface area contributed by atoms with Gasteiger partial charge in [0.05, 0.1) is 5.69 Å². The van der Waals surface area contributed by atoms with Crippen molar-refractivity contribution in [2.45, 2.75) is 6.42 Å². The van der Waals surface area contributed by atoms with Gasteiger partial charge >= 0.3 is 0 Å². The maximum absolute atomic E-state index is 2.40. The zero-order valence-corrected chi connectivity index (χ0v) is 16.6. The molecule has 30 heavy (non-hydrogen) atoms. The monoisotopic (exact) mass is 383 g/mol. The van der Waals surface area contributed by atoms with E-state index in [0.29, 0.717) is 0 Å². The number of hydrogen-bond acceptors (Lipinski definition) is 1. The van der Waals surface area contributed by atoms with E-state index in [4.69, 9.17) is 0 Å². The average Bonchev–Trinajstić information content (AvgIpc) is 3.19. The van der Waals surface area contributed by atoms with Gasteiger partial charge in [0.15, 0.2) is 0 Å². The number of para-hydroxylation sites is 2. The molecular formula is C29H21N. The molecule has 142 valence electrons. The van der Waals surface area contributed by atoms with Crippen LogP contribution in [0.25, 0.3) is 21.9 Å². The van der Waals surface area contributed by atoms with Crippen LogP contribution in [0.15, 0.2) is 115 Å². The fourth-order valence-electron chi connectivity index (χ4n) is 4.76. The van der Waals surface area contributed by atoms with Crippen molar-refractivity contribution in [3.05, 3.63) is 126 Å². The highest BCUT2D eigenvalue weighted by molar-refractivity contribution is 6.09. The molecule has 0 unspecified atom stereocenters. The van der Waals surface area contributed by atoms with Crippen molar-refractivity contribution in [3.63, 3.8) is 0 Å². The molecule has 1 nitrogen and oxygen atoms in total. The van der Waals surface area contributed by atoms with Crippen molar-refractivity contribution in [1.82, 2.24) is 0 Å². The molecule has 6 rings (SSSR count). The molecule has 0 saturated heterocycles. The third kappa shape index (κ3) is 2.63. The summed E-state index contributed by atoms with van der Waals surface area (Å²) in [5.74, 6) is 0. The zero-order valence-electron chi connectivity index (χ0n) is 16.6. The second-order valence-electron chi connectivity index (χ2n) is 7.82. The molecule has 0 amide bonds. The molecule has 0 heterocycles. The highest BCUT2D eigenvalue weighted by atomic mass is 15.1. The van der Waals surface area contributed by atoms with Gasteiger partial charge in [-0.15, -0.1) is 0 Å². The molecule has 0 atom stereocenters. The number of fused-ring (bicyclic) bond motifs is 5. The Morgan fingerprint density at radius 1 is 0.500 bits per heavy atom. The quantitative estimate of drug-likeness (QED) is 0.300. The maximum Gasteiger partial charge on any atom is 0.0543 e. The summed E-state index contributed by atoms with van der Waals surface area (Å²) in [7, 11) is 0. The van der Waals surface area contributed by atoms with Crippen LogP contribution in [-0.4, -0.2) is 0 Å². The van der Waals surface area contributed by atoms with Crippen molar-refractivity contribution in [3.8, 4) is 11.1 Å². The number of hydrogen-bond donors (Lipinski definition) is 0. The van der Waals surface area contributed by atoms with E-state index in [9.17, 15) is 0 Å². The van der Waals surface area contributed by atoms with E-state index in [0.717, 1.165) is 6.42 Å². The van der Waals surface area contributed by atoms with Gasteiger partial charge in [-0.1, -0.05) is 84.9 Å². The molecule has 0 radical (unpaired) electrons. The van der Waals surface area contributed by atoms with Crippen LogP contribution < -0.4 is 4.90 Å². The topological polar surface area (TPSA) is 3.24 Å². The van der Waals surface area contributed by atoms with Crippen LogP contribution in [0.2, 0.25) is 0 Å². The molecule has 5 aromatic rings. The number of nitrogens with zero attached hydrogens (tertiary/aromatic N) is 1. The van der Waals surface area contributed by atoms with Gasteiger partial charge in [0, 0.05) is 16.8 Å². The van der Waals surface area contributed by atoms with E-state index >= 15 is 0 Å². The molecule has 1 heteroatoms. The van der Waals surface area contributed by atoms with Gasteiger partial charge in [0.2, 0.25) is 0 Å². The molecule has 0 bridgehead atoms. The first-order chi connectivity index (χ1) is 14.9. The summed E-state index contributed by atoms with van der Waals surface area (Å²) < 4.78 is 0. The van der Waals surface area contributed by atoms with Gasteiger partial charge in [0.25, 0.3) is 0 Å². The summed E-state index contributed by atoms with van der Waals surface area (Å²) in [6, 6.07) is 41.4. The van der Waals surface area contributed by atoms with E-state index in [-0.39, 0.29) is 0 Å². The van der Waals surface area contributed by atoms with Gasteiger partial charge in [-0.2, -0.15) is 0 Å². The third-order valence-corrected chi connectivity index (χ3v) is 6.04. The van der Waals surface area contributed by atoms with Gasteiger partial charge in [-0.3, -0.25) is 0 Å². The van der Waals surface area contributed by atoms with Crippen LogP contribution in [-0.2, 0) is 6.42 Å². The van der Waals surface area contributed by atoms with Crippen LogP contribution in [0.1, 0.15) is 11.1 Å². The van der Waals surface area contributed by atoms with Crippen LogP contribution in [0.3, 0.4) is 0 Å². The predicted octanol–water partition coefficient (Wildman–Crippen LogP) is 7.88. The molecule has 0 saturated carbocycles. The number of anilines is 3. The lowest BCUT2D eigenvalue weighted by Crippen LogP contribution is -2.10. The fraction of sp³-hybridized carbons (Fsp3) is 0.0345. The molecule has 1 aliphatic rings. The first-order valence-corrected chi connectivity index (χ1v) is 10.4. The van der Waals surface area contributed by atoms with Gasteiger partial charge in [0.1, 0.15) is 0 Å². The Morgan fingerprint density at radius 3 is 1.77 bits per heavy atom. The summed E-state index contributed by atoms with van der Waals surface area (Å²) in [5, 5.41) is 2.60. The molecular weight excluding hydrogens is 362 g/mol. The van der Waals surface area contributed by atoms with Crippen molar-refractivity contribution >= 4 is 27.8 Å². The Kier molecular flexibility index (Phi) is 3.92. The molecule has 0 fully saturated rings. The molecule has 0 spiro atoms. The lowest BCUT2D eigenvalue weighted by atomic mass is 9.95. The third-order valence-electron chi connectivity index (χ3n) is 6.04. The van der Waals surface area contributed by atoms with E-state index in [1.165, 1.54) is 50.1 Å². The number of benzene rings is 5. The van der Waals surface area contributed by atoms with Crippen LogP contribution in [0.4, 0.5) is 17.1 Å². The summed E-state index contributed by atoms with van der Waals surface area (Å²) in [6.07, 6.45) is 0.987. The zero-order chi connectivity index (χ0) is 19.9. The Labute approximate surface area is 176 Å². The molecule has 0 N–H and O–H groups in total. The van der Waals surface area contributed by atoms with Gasteiger partial charge in [-0.05, 0) is 64.4 Å². The SMILES string of the molecule is c1ccc(N(c2ccccc2)c2cc3c(c4ccccc24)-c2ccccc2C3)cc1. The van der Waals surface area contributed by atoms with Gasteiger partial charge in [-0.25, -0.2) is 0 Å². The Bertz CT molecular complexity index is 1310. The van der Waals surface area contributed by atoms with Crippen LogP contribution in [0, 0.1) is 0 Å². The molecule has 5 aromatic carbocycles. The van der Waals surface area contributed by atoms with Crippen LogP contribution in [0.5, 0.6) is 0 Å². The maximum atomic E-state index is 2.40. The van der Waals surface area contributed by atoms with Crippen molar-refractivity contribution < 1.29 is 0 Å².